The Morgan fingerprint density at radius 3 is 2.43 bits per heavy atom. The first kappa shape index (κ1) is 25.0. The van der Waals surface area contributed by atoms with Crippen molar-refractivity contribution in [3.63, 3.8) is 0 Å². The fourth-order valence-corrected chi connectivity index (χ4v) is 4.21. The second-order valence-corrected chi connectivity index (χ2v) is 7.74. The number of methoxy groups -OCH3 is 1. The highest BCUT2D eigenvalue weighted by molar-refractivity contribution is 5.85. The average Bonchev–Trinajstić information content (AvgIpc) is 2.69. The Morgan fingerprint density at radius 1 is 1.14 bits per heavy atom. The molecule has 1 aromatic carbocycles. The quantitative estimate of drug-likeness (QED) is 0.750. The normalized spacial score (nSPS) is 19.3. The molecule has 0 aromatic heterocycles. The minimum Gasteiger partial charge on any atom is -0.496 e. The maximum atomic E-state index is 12.7. The largest absolute Gasteiger partial charge is 0.496 e. The SMILES string of the molecule is COc1ccccc1CN1CCN(C(=O)CC(C)C2CCNCC2)CC1.Cl.Cl. The number of nitrogens with one attached hydrogen (secondary N) is 1. The van der Waals surface area contributed by atoms with Crippen molar-refractivity contribution in [1.82, 2.24) is 15.1 Å². The first-order chi connectivity index (χ1) is 12.7. The van der Waals surface area contributed by atoms with E-state index in [1.165, 1.54) is 18.4 Å². The molecule has 0 spiro atoms. The number of halogens is 2. The zero-order valence-electron chi connectivity index (χ0n) is 17.1. The lowest BCUT2D eigenvalue weighted by atomic mass is 9.84. The van der Waals surface area contributed by atoms with E-state index >= 15 is 0 Å². The van der Waals surface area contributed by atoms with Crippen LogP contribution in [0.1, 0.15) is 31.7 Å². The Bertz CT molecular complexity index is 589. The lowest BCUT2D eigenvalue weighted by molar-refractivity contribution is -0.134. The van der Waals surface area contributed by atoms with Crippen LogP contribution >= 0.6 is 24.8 Å². The molecule has 2 saturated heterocycles. The lowest BCUT2D eigenvalue weighted by Crippen LogP contribution is -2.48. The summed E-state index contributed by atoms with van der Waals surface area (Å²) in [5.41, 5.74) is 1.22. The number of piperidine rings is 1. The third kappa shape index (κ3) is 6.80. The first-order valence-corrected chi connectivity index (χ1v) is 10.00. The number of hydrogen-bond acceptors (Lipinski definition) is 4. The van der Waals surface area contributed by atoms with Crippen molar-refractivity contribution in [3.8, 4) is 5.75 Å². The smallest absolute Gasteiger partial charge is 0.222 e. The molecule has 2 heterocycles. The van der Waals surface area contributed by atoms with E-state index in [2.05, 4.69) is 34.2 Å². The van der Waals surface area contributed by atoms with Crippen LogP contribution in [-0.2, 0) is 11.3 Å². The number of benzene rings is 1. The molecular formula is C21H35Cl2N3O2. The summed E-state index contributed by atoms with van der Waals surface area (Å²) in [5, 5.41) is 3.41. The van der Waals surface area contributed by atoms with Gasteiger partial charge in [-0.3, -0.25) is 9.69 Å². The molecule has 7 heteroatoms. The molecule has 1 aromatic rings. The molecule has 28 heavy (non-hydrogen) atoms. The summed E-state index contributed by atoms with van der Waals surface area (Å²) < 4.78 is 5.45. The molecule has 3 rings (SSSR count). The van der Waals surface area contributed by atoms with Crippen molar-refractivity contribution < 1.29 is 9.53 Å². The third-order valence-electron chi connectivity index (χ3n) is 6.00. The van der Waals surface area contributed by atoms with Crippen molar-refractivity contribution in [2.45, 2.75) is 32.7 Å². The monoisotopic (exact) mass is 431 g/mol. The van der Waals surface area contributed by atoms with E-state index in [9.17, 15) is 4.79 Å². The van der Waals surface area contributed by atoms with Crippen LogP contribution < -0.4 is 10.1 Å². The highest BCUT2D eigenvalue weighted by Gasteiger charge is 2.26. The molecule has 5 nitrogen and oxygen atoms in total. The van der Waals surface area contributed by atoms with Gasteiger partial charge >= 0.3 is 0 Å². The standard InChI is InChI=1S/C21H33N3O2.2ClH/c1-17(18-7-9-22-10-8-18)15-21(25)24-13-11-23(12-14-24)16-19-5-3-4-6-20(19)26-2;;/h3-6,17-18,22H,7-16H2,1-2H3;2*1H. The van der Waals surface area contributed by atoms with Gasteiger partial charge in [0.05, 0.1) is 7.11 Å². The van der Waals surface area contributed by atoms with E-state index in [1.54, 1.807) is 7.11 Å². The number of rotatable bonds is 6. The van der Waals surface area contributed by atoms with Crippen LogP contribution in [0.15, 0.2) is 24.3 Å². The van der Waals surface area contributed by atoms with Crippen LogP contribution in [0.5, 0.6) is 5.75 Å². The Labute approximate surface area is 182 Å². The fourth-order valence-electron chi connectivity index (χ4n) is 4.21. The Morgan fingerprint density at radius 2 is 1.79 bits per heavy atom. The molecule has 2 fully saturated rings. The molecule has 0 bridgehead atoms. The van der Waals surface area contributed by atoms with Gasteiger partial charge < -0.3 is 15.0 Å². The van der Waals surface area contributed by atoms with Crippen LogP contribution in [0.2, 0.25) is 0 Å². The summed E-state index contributed by atoms with van der Waals surface area (Å²) in [5.74, 6) is 2.48. The highest BCUT2D eigenvalue weighted by Crippen LogP contribution is 2.25. The number of piperazine rings is 1. The van der Waals surface area contributed by atoms with Crippen LogP contribution in [0.4, 0.5) is 0 Å². The van der Waals surface area contributed by atoms with Crippen LogP contribution in [-0.4, -0.2) is 62.1 Å². The average molecular weight is 432 g/mol. The molecule has 2 aliphatic rings. The predicted molar refractivity (Wildman–Crippen MR) is 119 cm³/mol. The van der Waals surface area contributed by atoms with Gasteiger partial charge in [0.2, 0.25) is 5.91 Å². The summed E-state index contributed by atoms with van der Waals surface area (Å²) in [6, 6.07) is 8.19. The zero-order chi connectivity index (χ0) is 18.4. The van der Waals surface area contributed by atoms with E-state index in [0.29, 0.717) is 24.2 Å². The molecular weight excluding hydrogens is 397 g/mol. The van der Waals surface area contributed by atoms with Crippen molar-refractivity contribution in [2.75, 3.05) is 46.4 Å². The molecule has 2 aliphatic heterocycles. The maximum Gasteiger partial charge on any atom is 0.222 e. The molecule has 1 unspecified atom stereocenters. The van der Waals surface area contributed by atoms with E-state index in [1.807, 2.05) is 12.1 Å². The minimum atomic E-state index is 0. The molecule has 1 atom stereocenters. The van der Waals surface area contributed by atoms with E-state index in [-0.39, 0.29) is 24.8 Å². The van der Waals surface area contributed by atoms with E-state index < -0.39 is 0 Å². The number of ether oxygens (including phenoxy) is 1. The minimum absolute atomic E-state index is 0. The van der Waals surface area contributed by atoms with Crippen molar-refractivity contribution in [3.05, 3.63) is 29.8 Å². The van der Waals surface area contributed by atoms with Crippen LogP contribution in [0.3, 0.4) is 0 Å². The van der Waals surface area contributed by atoms with Gasteiger partial charge in [0, 0.05) is 44.7 Å². The second-order valence-electron chi connectivity index (χ2n) is 7.74. The van der Waals surface area contributed by atoms with Gasteiger partial charge in [-0.15, -0.1) is 24.8 Å². The number of amides is 1. The van der Waals surface area contributed by atoms with E-state index in [4.69, 9.17) is 4.74 Å². The first-order valence-electron chi connectivity index (χ1n) is 10.00. The number of para-hydroxylation sites is 1. The molecule has 0 aliphatic carbocycles. The van der Waals surface area contributed by atoms with Crippen molar-refractivity contribution >= 4 is 30.7 Å². The molecule has 160 valence electrons. The summed E-state index contributed by atoms with van der Waals surface area (Å²) >= 11 is 0. The number of carbonyl (C=O) groups is 1. The van der Waals surface area contributed by atoms with Crippen molar-refractivity contribution in [2.24, 2.45) is 11.8 Å². The molecule has 0 saturated carbocycles. The van der Waals surface area contributed by atoms with Gasteiger partial charge in [0.25, 0.3) is 0 Å². The molecule has 0 radical (unpaired) electrons. The number of carbonyl (C=O) groups excluding carboxylic acids is 1. The third-order valence-corrected chi connectivity index (χ3v) is 6.00. The lowest BCUT2D eigenvalue weighted by Gasteiger charge is -2.36. The van der Waals surface area contributed by atoms with Gasteiger partial charge in [-0.2, -0.15) is 0 Å². The van der Waals surface area contributed by atoms with Crippen LogP contribution in [0, 0.1) is 11.8 Å². The Hall–Kier alpha value is -1.01. The predicted octanol–water partition coefficient (Wildman–Crippen LogP) is 3.21. The maximum absolute atomic E-state index is 12.7. The van der Waals surface area contributed by atoms with E-state index in [0.717, 1.165) is 51.6 Å². The summed E-state index contributed by atoms with van der Waals surface area (Å²) in [7, 11) is 1.72. The second kappa shape index (κ2) is 12.5. The highest BCUT2D eigenvalue weighted by atomic mass is 35.5. The zero-order valence-corrected chi connectivity index (χ0v) is 18.7. The Balaban J connectivity index is 0.00000196. The van der Waals surface area contributed by atoms with Gasteiger partial charge in [-0.25, -0.2) is 0 Å². The molecule has 1 amide bonds. The fraction of sp³-hybridized carbons (Fsp3) is 0.667. The number of nitrogens with zero attached hydrogens (tertiary/aromatic N) is 2. The topological polar surface area (TPSA) is 44.8 Å². The van der Waals surface area contributed by atoms with Crippen LogP contribution in [0.25, 0.3) is 0 Å². The summed E-state index contributed by atoms with van der Waals surface area (Å²) in [4.78, 5) is 17.2. The van der Waals surface area contributed by atoms with Crippen molar-refractivity contribution in [1.29, 1.82) is 0 Å². The van der Waals surface area contributed by atoms with Gasteiger partial charge in [0.1, 0.15) is 5.75 Å². The Kier molecular flexibility index (Phi) is 11.2. The molecule has 1 N–H and O–H groups in total. The van der Waals surface area contributed by atoms with Gasteiger partial charge in [0.15, 0.2) is 0 Å². The summed E-state index contributed by atoms with van der Waals surface area (Å²) in [6.45, 7) is 8.90. The number of hydrogen-bond donors (Lipinski definition) is 1. The van der Waals surface area contributed by atoms with Gasteiger partial charge in [-0.1, -0.05) is 25.1 Å². The van der Waals surface area contributed by atoms with Gasteiger partial charge in [-0.05, 0) is 43.8 Å². The summed E-state index contributed by atoms with van der Waals surface area (Å²) in [6.07, 6.45) is 3.12.